The lowest BCUT2D eigenvalue weighted by molar-refractivity contribution is -0.0495. The first-order valence-corrected chi connectivity index (χ1v) is 14.2. The van der Waals surface area contributed by atoms with Gasteiger partial charge in [-0.2, -0.15) is 0 Å². The Morgan fingerprint density at radius 2 is 1.24 bits per heavy atom. The summed E-state index contributed by atoms with van der Waals surface area (Å²) in [7, 11) is 0. The number of allylic oxidation sites excluding steroid dienone is 2. The maximum Gasteiger partial charge on any atom is 0.0901 e. The maximum atomic E-state index is 6.32. The highest BCUT2D eigenvalue weighted by atomic mass is 16.5. The van der Waals surface area contributed by atoms with Crippen LogP contribution in [0.5, 0.6) is 0 Å². The van der Waals surface area contributed by atoms with Crippen molar-refractivity contribution in [2.75, 3.05) is 46.1 Å². The van der Waals surface area contributed by atoms with E-state index in [1.54, 1.807) is 0 Å². The molecule has 1 atom stereocenters. The van der Waals surface area contributed by atoms with Gasteiger partial charge in [-0.05, 0) is 25.8 Å². The molecule has 1 unspecified atom stereocenters. The molecule has 0 spiro atoms. The normalized spacial score (nSPS) is 17.8. The molecular weight excluding hydrogens is 410 g/mol. The summed E-state index contributed by atoms with van der Waals surface area (Å²) in [6.07, 6.45) is 28.3. The van der Waals surface area contributed by atoms with E-state index < -0.39 is 0 Å². The molecule has 0 fully saturated rings. The Morgan fingerprint density at radius 1 is 0.636 bits per heavy atom. The molecule has 0 aromatic heterocycles. The molecule has 0 amide bonds. The summed E-state index contributed by atoms with van der Waals surface area (Å²) in [5.74, 6) is 0. The highest BCUT2D eigenvalue weighted by molar-refractivity contribution is 5.18. The van der Waals surface area contributed by atoms with E-state index in [2.05, 4.69) is 43.5 Å². The van der Waals surface area contributed by atoms with Crippen molar-refractivity contribution >= 4 is 0 Å². The lowest BCUT2D eigenvalue weighted by atomic mass is 9.89. The van der Waals surface area contributed by atoms with E-state index in [1.165, 1.54) is 83.5 Å². The Hall–Kier alpha value is -0.680. The predicted octanol–water partition coefficient (Wildman–Crippen LogP) is 7.38. The van der Waals surface area contributed by atoms with Crippen LogP contribution in [-0.4, -0.2) is 51.7 Å². The van der Waals surface area contributed by atoms with Crippen LogP contribution in [0.25, 0.3) is 0 Å². The first-order chi connectivity index (χ1) is 16.3. The van der Waals surface area contributed by atoms with Gasteiger partial charge in [-0.3, -0.25) is 0 Å². The van der Waals surface area contributed by atoms with E-state index in [0.29, 0.717) is 26.4 Å². The van der Waals surface area contributed by atoms with Crippen LogP contribution in [0.2, 0.25) is 0 Å². The maximum absolute atomic E-state index is 6.32. The molecule has 0 saturated carbocycles. The topological polar surface area (TPSA) is 39.7 Å². The summed E-state index contributed by atoms with van der Waals surface area (Å²) < 4.78 is 17.7. The van der Waals surface area contributed by atoms with Crippen LogP contribution in [0.15, 0.2) is 24.3 Å². The molecule has 1 N–H and O–H groups in total. The second kappa shape index (κ2) is 23.1. The second-order valence-corrected chi connectivity index (χ2v) is 9.52. The molecule has 4 heteroatoms. The SMILES string of the molecule is CCCCCCCCCC1(OCCOCCOCCNCCCCCCCC)C=CC=CC1. The fourth-order valence-corrected chi connectivity index (χ4v) is 4.32. The number of rotatable bonds is 25. The average molecular weight is 466 g/mol. The highest BCUT2D eigenvalue weighted by Crippen LogP contribution is 2.29. The van der Waals surface area contributed by atoms with Crippen molar-refractivity contribution in [3.63, 3.8) is 0 Å². The van der Waals surface area contributed by atoms with E-state index in [0.717, 1.165) is 32.5 Å². The van der Waals surface area contributed by atoms with Gasteiger partial charge < -0.3 is 19.5 Å². The van der Waals surface area contributed by atoms with Gasteiger partial charge in [-0.1, -0.05) is 115 Å². The van der Waals surface area contributed by atoms with Crippen LogP contribution >= 0.6 is 0 Å². The molecule has 33 heavy (non-hydrogen) atoms. The van der Waals surface area contributed by atoms with Gasteiger partial charge in [-0.25, -0.2) is 0 Å². The molecule has 0 radical (unpaired) electrons. The summed E-state index contributed by atoms with van der Waals surface area (Å²) in [6.45, 7) is 9.91. The number of ether oxygens (including phenoxy) is 3. The third-order valence-corrected chi connectivity index (χ3v) is 6.43. The van der Waals surface area contributed by atoms with Gasteiger partial charge in [0.1, 0.15) is 0 Å². The standard InChI is InChI=1S/C29H55NO3/c1-3-5-7-9-11-12-15-19-29(20-16-14-17-21-29)33-28-27-32-26-25-31-24-23-30-22-18-13-10-8-6-4-2/h14,16-17,20,30H,3-13,15,18-19,21-28H2,1-2H3. The summed E-state index contributed by atoms with van der Waals surface area (Å²) in [4.78, 5) is 0. The summed E-state index contributed by atoms with van der Waals surface area (Å²) in [5.41, 5.74) is -0.125. The smallest absolute Gasteiger partial charge is 0.0901 e. The number of unbranched alkanes of at least 4 members (excludes halogenated alkanes) is 11. The number of hydrogen-bond acceptors (Lipinski definition) is 4. The zero-order valence-corrected chi connectivity index (χ0v) is 22.1. The van der Waals surface area contributed by atoms with Crippen LogP contribution in [0.1, 0.15) is 110 Å². The molecule has 0 aromatic carbocycles. The monoisotopic (exact) mass is 465 g/mol. The van der Waals surface area contributed by atoms with Crippen LogP contribution in [0, 0.1) is 0 Å². The van der Waals surface area contributed by atoms with Gasteiger partial charge in [0, 0.05) is 6.54 Å². The van der Waals surface area contributed by atoms with Crippen molar-refractivity contribution in [2.24, 2.45) is 0 Å². The van der Waals surface area contributed by atoms with E-state index in [-0.39, 0.29) is 5.60 Å². The van der Waals surface area contributed by atoms with Gasteiger partial charge in [0.2, 0.25) is 0 Å². The van der Waals surface area contributed by atoms with Gasteiger partial charge in [0.25, 0.3) is 0 Å². The van der Waals surface area contributed by atoms with Crippen molar-refractivity contribution < 1.29 is 14.2 Å². The van der Waals surface area contributed by atoms with Gasteiger partial charge in [-0.15, -0.1) is 0 Å². The summed E-state index contributed by atoms with van der Waals surface area (Å²) in [5, 5.41) is 3.46. The number of hydrogen-bond donors (Lipinski definition) is 1. The van der Waals surface area contributed by atoms with E-state index in [4.69, 9.17) is 14.2 Å². The van der Waals surface area contributed by atoms with E-state index in [1.807, 2.05) is 0 Å². The Labute approximate surface area is 205 Å². The van der Waals surface area contributed by atoms with Crippen molar-refractivity contribution in [1.82, 2.24) is 5.32 Å². The second-order valence-electron chi connectivity index (χ2n) is 9.52. The van der Waals surface area contributed by atoms with Crippen molar-refractivity contribution in [3.8, 4) is 0 Å². The Balaban J connectivity index is 1.94. The van der Waals surface area contributed by atoms with Crippen molar-refractivity contribution in [1.29, 1.82) is 0 Å². The van der Waals surface area contributed by atoms with Crippen LogP contribution in [-0.2, 0) is 14.2 Å². The van der Waals surface area contributed by atoms with E-state index >= 15 is 0 Å². The molecule has 0 saturated heterocycles. The molecule has 0 bridgehead atoms. The van der Waals surface area contributed by atoms with Gasteiger partial charge >= 0.3 is 0 Å². The Morgan fingerprint density at radius 3 is 1.91 bits per heavy atom. The molecular formula is C29H55NO3. The fourth-order valence-electron chi connectivity index (χ4n) is 4.32. The Bertz CT molecular complexity index is 466. The van der Waals surface area contributed by atoms with Crippen LogP contribution in [0.4, 0.5) is 0 Å². The lowest BCUT2D eigenvalue weighted by Gasteiger charge is -2.31. The van der Waals surface area contributed by atoms with Crippen LogP contribution in [0.3, 0.4) is 0 Å². The quantitative estimate of drug-likeness (QED) is 0.143. The van der Waals surface area contributed by atoms with Crippen LogP contribution < -0.4 is 5.32 Å². The van der Waals surface area contributed by atoms with E-state index in [9.17, 15) is 0 Å². The predicted molar refractivity (Wildman–Crippen MR) is 142 cm³/mol. The zero-order chi connectivity index (χ0) is 23.7. The summed E-state index contributed by atoms with van der Waals surface area (Å²) >= 11 is 0. The fraction of sp³-hybridized carbons (Fsp3) is 0.862. The first kappa shape index (κ1) is 30.4. The third-order valence-electron chi connectivity index (χ3n) is 6.43. The first-order valence-electron chi connectivity index (χ1n) is 14.2. The highest BCUT2D eigenvalue weighted by Gasteiger charge is 2.27. The largest absolute Gasteiger partial charge is 0.378 e. The molecule has 4 nitrogen and oxygen atoms in total. The molecule has 1 aliphatic rings. The molecule has 0 aliphatic heterocycles. The summed E-state index contributed by atoms with van der Waals surface area (Å²) in [6, 6.07) is 0. The van der Waals surface area contributed by atoms with Crippen molar-refractivity contribution in [3.05, 3.63) is 24.3 Å². The lowest BCUT2D eigenvalue weighted by Crippen LogP contribution is -2.32. The molecule has 0 heterocycles. The zero-order valence-electron chi connectivity index (χ0n) is 22.1. The molecule has 194 valence electrons. The van der Waals surface area contributed by atoms with Gasteiger partial charge in [0.15, 0.2) is 0 Å². The van der Waals surface area contributed by atoms with Gasteiger partial charge in [0.05, 0.1) is 38.6 Å². The van der Waals surface area contributed by atoms with Crippen molar-refractivity contribution in [2.45, 2.75) is 116 Å². The molecule has 1 rings (SSSR count). The molecule has 0 aromatic rings. The molecule has 1 aliphatic carbocycles. The minimum Gasteiger partial charge on any atom is -0.378 e. The average Bonchev–Trinajstić information content (AvgIpc) is 2.84. The Kier molecular flexibility index (Phi) is 21.2. The minimum absolute atomic E-state index is 0.125. The minimum atomic E-state index is -0.125. The number of nitrogens with one attached hydrogen (secondary N) is 1. The third kappa shape index (κ3) is 18.3.